The van der Waals surface area contributed by atoms with Gasteiger partial charge < -0.3 is 10.6 Å². The highest BCUT2D eigenvalue weighted by Gasteiger charge is 2.26. The fourth-order valence-corrected chi connectivity index (χ4v) is 1.92. The second kappa shape index (κ2) is 6.09. The lowest BCUT2D eigenvalue weighted by Crippen LogP contribution is -2.44. The zero-order chi connectivity index (χ0) is 14.6. The van der Waals surface area contributed by atoms with Crippen LogP contribution in [0.3, 0.4) is 0 Å². The molecule has 0 aliphatic rings. The fraction of sp³-hybridized carbons (Fsp3) is 0.562. The van der Waals surface area contributed by atoms with E-state index in [-0.39, 0.29) is 17.4 Å². The summed E-state index contributed by atoms with van der Waals surface area (Å²) in [7, 11) is 1.89. The molecule has 0 saturated heterocycles. The van der Waals surface area contributed by atoms with Crippen LogP contribution in [0.2, 0.25) is 0 Å². The number of nitrogen functional groups attached to an aromatic ring is 1. The van der Waals surface area contributed by atoms with Crippen molar-refractivity contribution < 1.29 is 4.79 Å². The van der Waals surface area contributed by atoms with Gasteiger partial charge in [-0.25, -0.2) is 0 Å². The molecule has 19 heavy (non-hydrogen) atoms. The molecule has 3 nitrogen and oxygen atoms in total. The highest BCUT2D eigenvalue weighted by molar-refractivity contribution is 5.77. The van der Waals surface area contributed by atoms with Gasteiger partial charge in [0, 0.05) is 24.7 Å². The minimum atomic E-state index is -0.0854. The highest BCUT2D eigenvalue weighted by atomic mass is 16.2. The van der Waals surface area contributed by atoms with Gasteiger partial charge in [0.25, 0.3) is 0 Å². The van der Waals surface area contributed by atoms with E-state index < -0.39 is 0 Å². The number of hydrogen-bond acceptors (Lipinski definition) is 2. The summed E-state index contributed by atoms with van der Waals surface area (Å²) in [6.45, 7) is 8.38. The van der Waals surface area contributed by atoms with Crippen molar-refractivity contribution in [1.29, 1.82) is 0 Å². The number of amides is 1. The molecule has 0 bridgehead atoms. The molecule has 1 amide bonds. The topological polar surface area (TPSA) is 46.3 Å². The molecule has 0 spiro atoms. The van der Waals surface area contributed by atoms with Gasteiger partial charge in [-0.05, 0) is 43.9 Å². The molecule has 0 aliphatic carbocycles. The Kier molecular flexibility index (Phi) is 4.98. The zero-order valence-electron chi connectivity index (χ0n) is 12.7. The maximum Gasteiger partial charge on any atom is 0.223 e. The van der Waals surface area contributed by atoms with Crippen molar-refractivity contribution in [2.24, 2.45) is 0 Å². The SMILES string of the molecule is CCC(C)(C)N(C)C(=O)CC(C)c1ccc(N)cc1. The average molecular weight is 262 g/mol. The molecule has 3 heteroatoms. The van der Waals surface area contributed by atoms with Gasteiger partial charge in [0.2, 0.25) is 5.91 Å². The molecule has 1 rings (SSSR count). The number of hydrogen-bond donors (Lipinski definition) is 1. The molecule has 0 aliphatic heterocycles. The average Bonchev–Trinajstić information content (AvgIpc) is 2.38. The van der Waals surface area contributed by atoms with Crippen molar-refractivity contribution >= 4 is 11.6 Å². The minimum Gasteiger partial charge on any atom is -0.399 e. The van der Waals surface area contributed by atoms with Crippen molar-refractivity contribution in [2.45, 2.75) is 52.0 Å². The van der Waals surface area contributed by atoms with Crippen LogP contribution in [0.1, 0.15) is 52.0 Å². The van der Waals surface area contributed by atoms with Crippen LogP contribution in [0.25, 0.3) is 0 Å². The monoisotopic (exact) mass is 262 g/mol. The summed E-state index contributed by atoms with van der Waals surface area (Å²) in [5.74, 6) is 0.402. The number of nitrogens with two attached hydrogens (primary N) is 1. The smallest absolute Gasteiger partial charge is 0.223 e. The molecule has 0 saturated carbocycles. The van der Waals surface area contributed by atoms with E-state index in [4.69, 9.17) is 5.73 Å². The molecule has 2 N–H and O–H groups in total. The van der Waals surface area contributed by atoms with Crippen molar-refractivity contribution in [3.05, 3.63) is 29.8 Å². The van der Waals surface area contributed by atoms with Crippen LogP contribution in [0.4, 0.5) is 5.69 Å². The van der Waals surface area contributed by atoms with Gasteiger partial charge in [0.1, 0.15) is 0 Å². The van der Waals surface area contributed by atoms with E-state index in [1.165, 1.54) is 0 Å². The van der Waals surface area contributed by atoms with Crippen LogP contribution >= 0.6 is 0 Å². The summed E-state index contributed by atoms with van der Waals surface area (Å²) in [5, 5.41) is 0. The van der Waals surface area contributed by atoms with E-state index in [0.29, 0.717) is 6.42 Å². The summed E-state index contributed by atoms with van der Waals surface area (Å²) >= 11 is 0. The summed E-state index contributed by atoms with van der Waals surface area (Å²) in [6, 6.07) is 7.77. The first-order valence-corrected chi connectivity index (χ1v) is 6.90. The zero-order valence-corrected chi connectivity index (χ0v) is 12.7. The number of nitrogens with zero attached hydrogens (tertiary/aromatic N) is 1. The molecule has 1 unspecified atom stereocenters. The van der Waals surface area contributed by atoms with E-state index in [9.17, 15) is 4.79 Å². The van der Waals surface area contributed by atoms with Crippen molar-refractivity contribution in [2.75, 3.05) is 12.8 Å². The van der Waals surface area contributed by atoms with Gasteiger partial charge in [-0.1, -0.05) is 26.0 Å². The highest BCUT2D eigenvalue weighted by Crippen LogP contribution is 2.24. The van der Waals surface area contributed by atoms with E-state index in [2.05, 4.69) is 27.7 Å². The first kappa shape index (κ1) is 15.5. The Bertz CT molecular complexity index is 423. The molecular formula is C16H26N2O. The Labute approximate surface area is 116 Å². The molecular weight excluding hydrogens is 236 g/mol. The van der Waals surface area contributed by atoms with E-state index in [1.807, 2.05) is 36.2 Å². The molecule has 0 fully saturated rings. The molecule has 106 valence electrons. The third-order valence-electron chi connectivity index (χ3n) is 4.13. The molecule has 0 heterocycles. The second-order valence-electron chi connectivity index (χ2n) is 5.89. The Morgan fingerprint density at radius 1 is 1.32 bits per heavy atom. The van der Waals surface area contributed by atoms with E-state index in [1.54, 1.807) is 0 Å². The van der Waals surface area contributed by atoms with Crippen LogP contribution in [0, 0.1) is 0 Å². The summed E-state index contributed by atoms with van der Waals surface area (Å²) in [4.78, 5) is 14.2. The third kappa shape index (κ3) is 3.98. The number of anilines is 1. The summed E-state index contributed by atoms with van der Waals surface area (Å²) < 4.78 is 0. The number of benzene rings is 1. The lowest BCUT2D eigenvalue weighted by atomic mass is 9.94. The van der Waals surface area contributed by atoms with E-state index in [0.717, 1.165) is 17.7 Å². The van der Waals surface area contributed by atoms with Crippen LogP contribution in [-0.4, -0.2) is 23.4 Å². The summed E-state index contributed by atoms with van der Waals surface area (Å²) in [5.41, 5.74) is 7.50. The number of carbonyl (C=O) groups is 1. The van der Waals surface area contributed by atoms with Gasteiger partial charge in [-0.2, -0.15) is 0 Å². The van der Waals surface area contributed by atoms with Gasteiger partial charge in [-0.15, -0.1) is 0 Å². The maximum atomic E-state index is 12.3. The molecule has 1 aromatic carbocycles. The Morgan fingerprint density at radius 2 is 1.84 bits per heavy atom. The fourth-order valence-electron chi connectivity index (χ4n) is 1.92. The molecule has 1 atom stereocenters. The normalized spacial score (nSPS) is 13.1. The van der Waals surface area contributed by atoms with Crippen LogP contribution in [0.15, 0.2) is 24.3 Å². The number of carbonyl (C=O) groups excluding carboxylic acids is 1. The Hall–Kier alpha value is -1.51. The van der Waals surface area contributed by atoms with Gasteiger partial charge >= 0.3 is 0 Å². The lowest BCUT2D eigenvalue weighted by Gasteiger charge is -2.35. The van der Waals surface area contributed by atoms with Crippen LogP contribution < -0.4 is 5.73 Å². The summed E-state index contributed by atoms with van der Waals surface area (Å²) in [6.07, 6.45) is 1.48. The molecule has 1 aromatic rings. The van der Waals surface area contributed by atoms with Gasteiger partial charge in [0.15, 0.2) is 0 Å². The first-order chi connectivity index (χ1) is 8.77. The third-order valence-corrected chi connectivity index (χ3v) is 4.13. The van der Waals surface area contributed by atoms with Crippen molar-refractivity contribution in [3.8, 4) is 0 Å². The minimum absolute atomic E-state index is 0.0854. The van der Waals surface area contributed by atoms with Gasteiger partial charge in [0.05, 0.1) is 0 Å². The maximum absolute atomic E-state index is 12.3. The van der Waals surface area contributed by atoms with Gasteiger partial charge in [-0.3, -0.25) is 4.79 Å². The Balaban J connectivity index is 2.69. The molecule has 0 radical (unpaired) electrons. The Morgan fingerprint density at radius 3 is 2.32 bits per heavy atom. The standard InChI is InChI=1S/C16H26N2O/c1-6-16(3,4)18(5)15(19)11-12(2)13-7-9-14(17)10-8-13/h7-10,12H,6,11,17H2,1-5H3. The predicted octanol–water partition coefficient (Wildman–Crippen LogP) is 3.41. The quantitative estimate of drug-likeness (QED) is 0.827. The van der Waals surface area contributed by atoms with Crippen LogP contribution in [0.5, 0.6) is 0 Å². The predicted molar refractivity (Wildman–Crippen MR) is 81.0 cm³/mol. The molecule has 0 aromatic heterocycles. The number of rotatable bonds is 5. The largest absolute Gasteiger partial charge is 0.399 e. The first-order valence-electron chi connectivity index (χ1n) is 6.90. The second-order valence-corrected chi connectivity index (χ2v) is 5.89. The van der Waals surface area contributed by atoms with Crippen molar-refractivity contribution in [3.63, 3.8) is 0 Å². The van der Waals surface area contributed by atoms with E-state index >= 15 is 0 Å². The van der Waals surface area contributed by atoms with Crippen LogP contribution in [-0.2, 0) is 4.79 Å². The van der Waals surface area contributed by atoms with Crippen molar-refractivity contribution in [1.82, 2.24) is 4.90 Å². The lowest BCUT2D eigenvalue weighted by molar-refractivity contribution is -0.135.